The van der Waals surface area contributed by atoms with Crippen molar-refractivity contribution in [1.29, 1.82) is 0 Å². The van der Waals surface area contributed by atoms with Crippen LogP contribution in [-0.4, -0.2) is 58.4 Å². The summed E-state index contributed by atoms with van der Waals surface area (Å²) in [4.78, 5) is 25.4. The molecule has 0 bridgehead atoms. The minimum absolute atomic E-state index is 0.326. The summed E-state index contributed by atoms with van der Waals surface area (Å²) in [5.74, 6) is 1.31. The zero-order valence-electron chi connectivity index (χ0n) is 21.9. The fourth-order valence-corrected chi connectivity index (χ4v) is 6.15. The first-order chi connectivity index (χ1) is 16.9. The van der Waals surface area contributed by atoms with Crippen molar-refractivity contribution >= 4 is 16.8 Å². The maximum atomic E-state index is 12.7. The average molecular weight is 473 g/mol. The Labute approximate surface area is 209 Å². The number of H-pyrrole nitrogens is 1. The minimum atomic E-state index is 0.326. The zero-order chi connectivity index (χ0) is 24.5. The van der Waals surface area contributed by atoms with E-state index in [4.69, 9.17) is 0 Å². The Morgan fingerprint density at radius 2 is 1.69 bits per heavy atom. The van der Waals surface area contributed by atoms with E-state index in [1.165, 1.54) is 39.7 Å². The number of pyridine rings is 1. The second-order valence-corrected chi connectivity index (χ2v) is 11.0. The summed E-state index contributed by atoms with van der Waals surface area (Å²) < 4.78 is 0. The predicted octanol–water partition coefficient (Wildman–Crippen LogP) is 6.16. The van der Waals surface area contributed by atoms with Crippen LogP contribution in [0.4, 0.5) is 0 Å². The Kier molecular flexibility index (Phi) is 6.97. The summed E-state index contributed by atoms with van der Waals surface area (Å²) in [7, 11) is 0. The minimum Gasteiger partial charge on any atom is -0.354 e. The molecule has 0 radical (unpaired) electrons. The molecular weight excluding hydrogens is 432 g/mol. The highest BCUT2D eigenvalue weighted by Crippen LogP contribution is 2.38. The standard InChI is InChI=1S/C30H40N4O/c1-20(2)29-26-18-24(8-9-27(26)32-30(29)25-16-21(3)31-22(4)17-25)23-10-14-33(15-11-23)19-28(35)34-12-6-5-7-13-34/h8-9,16-18,20,23,32H,5-7,10-15,19H2,1-4H3. The van der Waals surface area contributed by atoms with Crippen molar-refractivity contribution in [2.45, 2.75) is 71.6 Å². The Morgan fingerprint density at radius 1 is 1.00 bits per heavy atom. The maximum Gasteiger partial charge on any atom is 0.236 e. The number of hydrogen-bond donors (Lipinski definition) is 1. The molecule has 2 aliphatic rings. The van der Waals surface area contributed by atoms with Crippen molar-refractivity contribution in [2.24, 2.45) is 0 Å². The molecule has 186 valence electrons. The van der Waals surface area contributed by atoms with E-state index in [2.05, 4.69) is 77.8 Å². The van der Waals surface area contributed by atoms with Crippen molar-refractivity contribution < 1.29 is 4.79 Å². The van der Waals surface area contributed by atoms with Crippen LogP contribution in [0.5, 0.6) is 0 Å². The van der Waals surface area contributed by atoms with Gasteiger partial charge < -0.3 is 9.88 Å². The Bertz CT molecular complexity index is 1180. The molecule has 3 aromatic rings. The third-order valence-corrected chi connectivity index (χ3v) is 7.94. The number of rotatable bonds is 5. The van der Waals surface area contributed by atoms with Crippen LogP contribution in [0, 0.1) is 13.8 Å². The Balaban J connectivity index is 1.33. The van der Waals surface area contributed by atoms with E-state index in [-0.39, 0.29) is 0 Å². The normalized spacial score (nSPS) is 18.0. The molecule has 0 unspecified atom stereocenters. The lowest BCUT2D eigenvalue weighted by molar-refractivity contribution is -0.133. The van der Waals surface area contributed by atoms with Gasteiger partial charge in [-0.25, -0.2) is 0 Å². The lowest BCUT2D eigenvalue weighted by atomic mass is 9.87. The first-order valence-electron chi connectivity index (χ1n) is 13.5. The van der Waals surface area contributed by atoms with Crippen LogP contribution >= 0.6 is 0 Å². The molecule has 1 N–H and O–H groups in total. The fraction of sp³-hybridized carbons (Fsp3) is 0.533. The molecule has 0 atom stereocenters. The maximum absolute atomic E-state index is 12.7. The quantitative estimate of drug-likeness (QED) is 0.484. The number of nitrogens with one attached hydrogen (secondary N) is 1. The van der Waals surface area contributed by atoms with Gasteiger partial charge in [-0.15, -0.1) is 0 Å². The van der Waals surface area contributed by atoms with Crippen LogP contribution in [-0.2, 0) is 4.79 Å². The number of aromatic nitrogens is 2. The number of piperidine rings is 2. The Hall–Kier alpha value is -2.66. The largest absolute Gasteiger partial charge is 0.354 e. The van der Waals surface area contributed by atoms with E-state index in [9.17, 15) is 4.79 Å². The van der Waals surface area contributed by atoms with Crippen LogP contribution in [0.3, 0.4) is 0 Å². The van der Waals surface area contributed by atoms with Crippen molar-refractivity contribution in [1.82, 2.24) is 19.8 Å². The van der Waals surface area contributed by atoms with E-state index in [0.717, 1.165) is 63.3 Å². The lowest BCUT2D eigenvalue weighted by Crippen LogP contribution is -2.44. The van der Waals surface area contributed by atoms with Gasteiger partial charge in [-0.05, 0) is 106 Å². The smallest absolute Gasteiger partial charge is 0.236 e. The summed E-state index contributed by atoms with van der Waals surface area (Å²) in [6, 6.07) is 11.4. The molecular formula is C30H40N4O. The van der Waals surface area contributed by atoms with E-state index in [1.807, 2.05) is 0 Å². The van der Waals surface area contributed by atoms with E-state index in [1.54, 1.807) is 0 Å². The molecule has 2 aromatic heterocycles. The monoisotopic (exact) mass is 472 g/mol. The number of hydrogen-bond acceptors (Lipinski definition) is 3. The highest BCUT2D eigenvalue weighted by atomic mass is 16.2. The number of nitrogens with zero attached hydrogens (tertiary/aromatic N) is 3. The number of amides is 1. The van der Waals surface area contributed by atoms with Crippen molar-refractivity contribution in [3.63, 3.8) is 0 Å². The highest BCUT2D eigenvalue weighted by molar-refractivity contribution is 5.92. The molecule has 0 saturated carbocycles. The van der Waals surface area contributed by atoms with Crippen molar-refractivity contribution in [2.75, 3.05) is 32.7 Å². The zero-order valence-corrected chi connectivity index (χ0v) is 21.9. The van der Waals surface area contributed by atoms with Crippen LogP contribution in [0.15, 0.2) is 30.3 Å². The summed E-state index contributed by atoms with van der Waals surface area (Å²) >= 11 is 0. The molecule has 5 nitrogen and oxygen atoms in total. The van der Waals surface area contributed by atoms with Gasteiger partial charge in [0.25, 0.3) is 0 Å². The van der Waals surface area contributed by atoms with Gasteiger partial charge in [0.15, 0.2) is 0 Å². The third-order valence-electron chi connectivity index (χ3n) is 7.94. The first-order valence-corrected chi connectivity index (χ1v) is 13.5. The number of likely N-dealkylation sites (tertiary alicyclic amines) is 2. The molecule has 2 aliphatic heterocycles. The number of aryl methyl sites for hydroxylation is 2. The number of aromatic amines is 1. The molecule has 1 amide bonds. The second kappa shape index (κ2) is 10.1. The summed E-state index contributed by atoms with van der Waals surface area (Å²) in [6.45, 7) is 13.2. The summed E-state index contributed by atoms with van der Waals surface area (Å²) in [6.07, 6.45) is 5.83. The molecule has 2 saturated heterocycles. The summed E-state index contributed by atoms with van der Waals surface area (Å²) in [5.41, 5.74) is 8.61. The summed E-state index contributed by atoms with van der Waals surface area (Å²) in [5, 5.41) is 1.35. The average Bonchev–Trinajstić information content (AvgIpc) is 3.24. The lowest BCUT2D eigenvalue weighted by Gasteiger charge is -2.34. The van der Waals surface area contributed by atoms with Crippen molar-refractivity contribution in [3.8, 4) is 11.3 Å². The molecule has 35 heavy (non-hydrogen) atoms. The Morgan fingerprint density at radius 3 is 2.34 bits per heavy atom. The van der Waals surface area contributed by atoms with E-state index >= 15 is 0 Å². The third kappa shape index (κ3) is 5.16. The topological polar surface area (TPSA) is 52.2 Å². The second-order valence-electron chi connectivity index (χ2n) is 11.0. The first kappa shape index (κ1) is 24.1. The van der Waals surface area contributed by atoms with Gasteiger partial charge in [0, 0.05) is 40.9 Å². The highest BCUT2D eigenvalue weighted by Gasteiger charge is 2.25. The van der Waals surface area contributed by atoms with Gasteiger partial charge in [0.2, 0.25) is 5.91 Å². The van der Waals surface area contributed by atoms with Gasteiger partial charge in [-0.1, -0.05) is 19.9 Å². The SMILES string of the molecule is Cc1cc(-c2[nH]c3ccc(C4CCN(CC(=O)N5CCCCC5)CC4)cc3c2C(C)C)cc(C)n1. The van der Waals surface area contributed by atoms with Gasteiger partial charge >= 0.3 is 0 Å². The van der Waals surface area contributed by atoms with E-state index < -0.39 is 0 Å². The number of benzene rings is 1. The molecule has 5 heteroatoms. The molecule has 2 fully saturated rings. The molecule has 1 aromatic carbocycles. The van der Waals surface area contributed by atoms with Gasteiger partial charge in [0.1, 0.15) is 0 Å². The van der Waals surface area contributed by atoms with Gasteiger partial charge in [0.05, 0.1) is 12.2 Å². The van der Waals surface area contributed by atoms with Gasteiger partial charge in [-0.2, -0.15) is 0 Å². The molecule has 0 aliphatic carbocycles. The van der Waals surface area contributed by atoms with Crippen LogP contribution in [0.2, 0.25) is 0 Å². The van der Waals surface area contributed by atoms with Crippen LogP contribution in [0.1, 0.15) is 80.3 Å². The van der Waals surface area contributed by atoms with Crippen molar-refractivity contribution in [3.05, 3.63) is 52.8 Å². The number of fused-ring (bicyclic) bond motifs is 1. The van der Waals surface area contributed by atoms with Crippen LogP contribution in [0.25, 0.3) is 22.2 Å². The predicted molar refractivity (Wildman–Crippen MR) is 144 cm³/mol. The fourth-order valence-electron chi connectivity index (χ4n) is 6.15. The molecule has 5 rings (SSSR count). The van der Waals surface area contributed by atoms with Gasteiger partial charge in [-0.3, -0.25) is 14.7 Å². The number of carbonyl (C=O) groups is 1. The van der Waals surface area contributed by atoms with E-state index in [0.29, 0.717) is 24.3 Å². The molecule has 0 spiro atoms. The van der Waals surface area contributed by atoms with Crippen LogP contribution < -0.4 is 0 Å². The number of carbonyl (C=O) groups excluding carboxylic acids is 1. The molecule has 4 heterocycles.